The lowest BCUT2D eigenvalue weighted by atomic mass is 10.2. The number of benzene rings is 2. The van der Waals surface area contributed by atoms with E-state index in [0.717, 1.165) is 6.08 Å². The van der Waals surface area contributed by atoms with Crippen LogP contribution in [0.1, 0.15) is 18.2 Å². The molecule has 0 aliphatic carbocycles. The van der Waals surface area contributed by atoms with Crippen molar-refractivity contribution < 1.29 is 24.2 Å². The molecule has 9 nitrogen and oxygen atoms in total. The van der Waals surface area contributed by atoms with E-state index in [2.05, 4.69) is 5.32 Å². The lowest BCUT2D eigenvalue weighted by Crippen LogP contribution is -2.31. The van der Waals surface area contributed by atoms with Crippen LogP contribution in [0.4, 0.5) is 5.69 Å². The topological polar surface area (TPSA) is 112 Å². The van der Waals surface area contributed by atoms with Crippen molar-refractivity contribution in [3.63, 3.8) is 0 Å². The molecule has 0 unspecified atom stereocenters. The number of methoxy groups -OCH3 is 1. The third-order valence-electron chi connectivity index (χ3n) is 5.08. The van der Waals surface area contributed by atoms with Gasteiger partial charge in [-0.05, 0) is 49.8 Å². The number of hydrogen-bond acceptors (Lipinski definition) is 6. The molecule has 2 N–H and O–H groups in total. The average Bonchev–Trinajstić information content (AvgIpc) is 3.02. The van der Waals surface area contributed by atoms with Crippen molar-refractivity contribution in [2.24, 2.45) is 7.05 Å². The second-order valence-electron chi connectivity index (χ2n) is 7.27. The molecule has 2 aromatic carbocycles. The van der Waals surface area contributed by atoms with Gasteiger partial charge in [0.05, 0.1) is 18.5 Å². The highest BCUT2D eigenvalue weighted by Crippen LogP contribution is 2.26. The molecule has 0 spiro atoms. The van der Waals surface area contributed by atoms with Crippen molar-refractivity contribution >= 4 is 23.6 Å². The minimum Gasteiger partial charge on any atom is -0.504 e. The normalized spacial score (nSPS) is 11.9. The molecule has 0 radical (unpaired) electrons. The largest absolute Gasteiger partial charge is 0.504 e. The number of para-hydroxylation sites is 1. The molecule has 0 aliphatic rings. The molecule has 172 valence electrons. The molecule has 1 aromatic heterocycles. The number of amides is 1. The minimum absolute atomic E-state index is 0.0231. The number of phenols is 1. The predicted octanol–water partition coefficient (Wildman–Crippen LogP) is 2.78. The molecular weight excluding hydrogens is 426 g/mol. The van der Waals surface area contributed by atoms with Gasteiger partial charge in [0, 0.05) is 13.1 Å². The lowest BCUT2D eigenvalue weighted by molar-refractivity contribution is -0.148. The predicted molar refractivity (Wildman–Crippen MR) is 124 cm³/mol. The van der Waals surface area contributed by atoms with E-state index in [4.69, 9.17) is 9.47 Å². The summed E-state index contributed by atoms with van der Waals surface area (Å²) in [6, 6.07) is 13.6. The van der Waals surface area contributed by atoms with Crippen molar-refractivity contribution in [2.45, 2.75) is 20.0 Å². The molecule has 33 heavy (non-hydrogen) atoms. The van der Waals surface area contributed by atoms with E-state index in [1.54, 1.807) is 42.9 Å². The third-order valence-corrected chi connectivity index (χ3v) is 5.08. The highest BCUT2D eigenvalue weighted by molar-refractivity contribution is 5.97. The molecule has 1 atom stereocenters. The van der Waals surface area contributed by atoms with Crippen LogP contribution in [0.5, 0.6) is 11.5 Å². The summed E-state index contributed by atoms with van der Waals surface area (Å²) in [6.07, 6.45) is 1.49. The SMILES string of the molecule is COc1cc(/C=C/C(=O)O[C@@H](C)C(=O)Nc2c(C)n(C)n(-c3ccccc3)c2=O)ccc1O. The van der Waals surface area contributed by atoms with Gasteiger partial charge in [-0.1, -0.05) is 24.3 Å². The number of ether oxygens (including phenoxy) is 2. The summed E-state index contributed by atoms with van der Waals surface area (Å²) in [5.41, 5.74) is 1.52. The first-order valence-corrected chi connectivity index (χ1v) is 10.1. The Morgan fingerprint density at radius 1 is 1.15 bits per heavy atom. The van der Waals surface area contributed by atoms with Gasteiger partial charge in [0.2, 0.25) is 0 Å². The highest BCUT2D eigenvalue weighted by Gasteiger charge is 2.22. The molecule has 1 amide bonds. The lowest BCUT2D eigenvalue weighted by Gasteiger charge is -2.11. The number of nitrogens with one attached hydrogen (secondary N) is 1. The molecule has 3 aromatic rings. The fourth-order valence-corrected chi connectivity index (χ4v) is 3.17. The van der Waals surface area contributed by atoms with Gasteiger partial charge in [0.1, 0.15) is 5.69 Å². The number of rotatable bonds is 7. The monoisotopic (exact) mass is 451 g/mol. The Morgan fingerprint density at radius 2 is 1.85 bits per heavy atom. The molecule has 3 rings (SSSR count). The number of anilines is 1. The van der Waals surface area contributed by atoms with Gasteiger partial charge >= 0.3 is 5.97 Å². The van der Waals surface area contributed by atoms with Crippen LogP contribution in [0.15, 0.2) is 59.4 Å². The summed E-state index contributed by atoms with van der Waals surface area (Å²) in [5, 5.41) is 12.2. The molecule has 0 saturated heterocycles. The van der Waals surface area contributed by atoms with Gasteiger partial charge in [-0.25, -0.2) is 9.48 Å². The van der Waals surface area contributed by atoms with Gasteiger partial charge in [-0.2, -0.15) is 0 Å². The quantitative estimate of drug-likeness (QED) is 0.422. The van der Waals surface area contributed by atoms with Crippen LogP contribution in [0, 0.1) is 6.92 Å². The zero-order chi connectivity index (χ0) is 24.1. The first kappa shape index (κ1) is 23.4. The van der Waals surface area contributed by atoms with Crippen LogP contribution in [-0.4, -0.2) is 39.6 Å². The first-order valence-electron chi connectivity index (χ1n) is 10.1. The standard InChI is InChI=1S/C24H25N3O6/c1-15-22(24(31)27(26(15)3)18-8-6-5-7-9-18)25-23(30)16(2)33-21(29)13-11-17-10-12-19(28)20(14-17)32-4/h5-14,16,28H,1-4H3,(H,25,30)/b13-11+/t16-/m0/s1. The van der Waals surface area contributed by atoms with Gasteiger partial charge in [0.15, 0.2) is 17.6 Å². The zero-order valence-electron chi connectivity index (χ0n) is 18.7. The second kappa shape index (κ2) is 9.90. The fourth-order valence-electron chi connectivity index (χ4n) is 3.17. The summed E-state index contributed by atoms with van der Waals surface area (Å²) >= 11 is 0. The van der Waals surface area contributed by atoms with Gasteiger partial charge in [-0.15, -0.1) is 0 Å². The molecule has 0 saturated carbocycles. The number of hydrogen-bond donors (Lipinski definition) is 2. The van der Waals surface area contributed by atoms with Gasteiger partial charge in [-0.3, -0.25) is 14.3 Å². The summed E-state index contributed by atoms with van der Waals surface area (Å²) in [5.74, 6) is -1.13. The second-order valence-corrected chi connectivity index (χ2v) is 7.27. The third kappa shape index (κ3) is 5.15. The number of phenolic OH excluding ortho intramolecular Hbond substituents is 1. The Kier molecular flexibility index (Phi) is 7.02. The van der Waals surface area contributed by atoms with Crippen molar-refractivity contribution in [1.29, 1.82) is 0 Å². The van der Waals surface area contributed by atoms with E-state index < -0.39 is 23.5 Å². The van der Waals surface area contributed by atoms with Crippen LogP contribution in [0.2, 0.25) is 0 Å². The maximum absolute atomic E-state index is 12.9. The van der Waals surface area contributed by atoms with Crippen molar-refractivity contribution in [2.75, 3.05) is 12.4 Å². The molecular formula is C24H25N3O6. The van der Waals surface area contributed by atoms with E-state index in [1.165, 1.54) is 30.9 Å². The molecule has 0 bridgehead atoms. The van der Waals surface area contributed by atoms with Crippen molar-refractivity contribution in [3.8, 4) is 17.2 Å². The number of nitrogens with zero attached hydrogens (tertiary/aromatic N) is 2. The maximum atomic E-state index is 12.9. The van der Waals surface area contributed by atoms with Crippen LogP contribution in [-0.2, 0) is 21.4 Å². The van der Waals surface area contributed by atoms with E-state index >= 15 is 0 Å². The van der Waals surface area contributed by atoms with E-state index in [9.17, 15) is 19.5 Å². The van der Waals surface area contributed by atoms with Crippen molar-refractivity contribution in [1.82, 2.24) is 9.36 Å². The zero-order valence-corrected chi connectivity index (χ0v) is 18.7. The molecule has 0 fully saturated rings. The van der Waals surface area contributed by atoms with Crippen LogP contribution in [0.3, 0.4) is 0 Å². The fraction of sp³-hybridized carbons (Fsp3) is 0.208. The number of aromatic nitrogens is 2. The molecule has 1 heterocycles. The number of esters is 1. The molecule has 0 aliphatic heterocycles. The van der Waals surface area contributed by atoms with Crippen molar-refractivity contribution in [3.05, 3.63) is 76.2 Å². The van der Waals surface area contributed by atoms with Gasteiger partial charge in [0.25, 0.3) is 11.5 Å². The Hall–Kier alpha value is -4.27. The number of carbonyl (C=O) groups excluding carboxylic acids is 2. The Bertz CT molecular complexity index is 1260. The van der Waals surface area contributed by atoms with Crippen LogP contribution < -0.4 is 15.6 Å². The number of aromatic hydroxyl groups is 1. The van der Waals surface area contributed by atoms with E-state index in [-0.39, 0.29) is 17.2 Å². The van der Waals surface area contributed by atoms with Gasteiger partial charge < -0.3 is 19.9 Å². The Labute approximate surface area is 190 Å². The first-order chi connectivity index (χ1) is 15.7. The minimum atomic E-state index is -1.14. The Balaban J connectivity index is 1.69. The van der Waals surface area contributed by atoms with Crippen LogP contribution in [0.25, 0.3) is 11.8 Å². The smallest absolute Gasteiger partial charge is 0.331 e. The summed E-state index contributed by atoms with van der Waals surface area (Å²) in [7, 11) is 3.13. The highest BCUT2D eigenvalue weighted by atomic mass is 16.5. The van der Waals surface area contributed by atoms with Crippen LogP contribution >= 0.6 is 0 Å². The summed E-state index contributed by atoms with van der Waals surface area (Å²) in [6.45, 7) is 3.13. The average molecular weight is 451 g/mol. The molecule has 9 heteroatoms. The summed E-state index contributed by atoms with van der Waals surface area (Å²) in [4.78, 5) is 37.6. The Morgan fingerprint density at radius 3 is 2.52 bits per heavy atom. The van der Waals surface area contributed by atoms with E-state index in [1.807, 2.05) is 18.2 Å². The maximum Gasteiger partial charge on any atom is 0.331 e. The number of carbonyl (C=O) groups is 2. The van der Waals surface area contributed by atoms with E-state index in [0.29, 0.717) is 16.9 Å². The summed E-state index contributed by atoms with van der Waals surface area (Å²) < 4.78 is 13.3.